The standard InChI is InChI=1S/C13H18N2OS/c1-3-11(16)8-14-9(2)10-6-13-12(15-7-10)4-5-17-13/h4-7,9,11,14,16H,3,8H2,1-2H3. The van der Waals surface area contributed by atoms with Crippen LogP contribution in [-0.2, 0) is 0 Å². The van der Waals surface area contributed by atoms with Gasteiger partial charge in [-0.1, -0.05) is 6.92 Å². The van der Waals surface area contributed by atoms with E-state index in [-0.39, 0.29) is 12.1 Å². The van der Waals surface area contributed by atoms with Crippen LogP contribution in [0.3, 0.4) is 0 Å². The number of pyridine rings is 1. The van der Waals surface area contributed by atoms with Crippen molar-refractivity contribution in [2.75, 3.05) is 6.54 Å². The first-order valence-corrected chi connectivity index (χ1v) is 6.83. The van der Waals surface area contributed by atoms with Gasteiger partial charge < -0.3 is 10.4 Å². The van der Waals surface area contributed by atoms with E-state index in [1.807, 2.05) is 19.2 Å². The molecule has 0 aromatic carbocycles. The van der Waals surface area contributed by atoms with E-state index in [9.17, 15) is 5.11 Å². The Balaban J connectivity index is 2.05. The number of aromatic nitrogens is 1. The van der Waals surface area contributed by atoms with Crippen molar-refractivity contribution in [3.8, 4) is 0 Å². The highest BCUT2D eigenvalue weighted by molar-refractivity contribution is 7.17. The third-order valence-corrected chi connectivity index (χ3v) is 3.81. The van der Waals surface area contributed by atoms with Gasteiger partial charge in [0.05, 0.1) is 16.3 Å². The van der Waals surface area contributed by atoms with Gasteiger partial charge in [-0.2, -0.15) is 0 Å². The lowest BCUT2D eigenvalue weighted by Crippen LogP contribution is -2.28. The van der Waals surface area contributed by atoms with E-state index < -0.39 is 0 Å². The molecular formula is C13H18N2OS. The lowest BCUT2D eigenvalue weighted by atomic mass is 10.1. The second-order valence-corrected chi connectivity index (χ2v) is 5.21. The van der Waals surface area contributed by atoms with Gasteiger partial charge in [-0.3, -0.25) is 4.98 Å². The maximum Gasteiger partial charge on any atom is 0.0809 e. The molecule has 0 saturated heterocycles. The van der Waals surface area contributed by atoms with E-state index >= 15 is 0 Å². The number of fused-ring (bicyclic) bond motifs is 1. The highest BCUT2D eigenvalue weighted by Gasteiger charge is 2.09. The fraction of sp³-hybridized carbons (Fsp3) is 0.462. The molecular weight excluding hydrogens is 232 g/mol. The van der Waals surface area contributed by atoms with Gasteiger partial charge in [0.2, 0.25) is 0 Å². The topological polar surface area (TPSA) is 45.1 Å². The van der Waals surface area contributed by atoms with Crippen LogP contribution in [0.4, 0.5) is 0 Å². The third kappa shape index (κ3) is 3.03. The second-order valence-electron chi connectivity index (χ2n) is 4.26. The van der Waals surface area contributed by atoms with Crippen molar-refractivity contribution >= 4 is 21.6 Å². The molecule has 0 aliphatic carbocycles. The summed E-state index contributed by atoms with van der Waals surface area (Å²) in [6, 6.07) is 4.42. The average Bonchev–Trinajstić information content (AvgIpc) is 2.82. The quantitative estimate of drug-likeness (QED) is 0.857. The lowest BCUT2D eigenvalue weighted by molar-refractivity contribution is 0.164. The van der Waals surface area contributed by atoms with Crippen molar-refractivity contribution < 1.29 is 5.11 Å². The van der Waals surface area contributed by atoms with Crippen LogP contribution in [0.25, 0.3) is 10.2 Å². The van der Waals surface area contributed by atoms with Crippen molar-refractivity contribution in [3.05, 3.63) is 29.3 Å². The SMILES string of the molecule is CCC(O)CNC(C)c1cnc2ccsc2c1. The van der Waals surface area contributed by atoms with E-state index in [1.165, 1.54) is 10.3 Å². The summed E-state index contributed by atoms with van der Waals surface area (Å²) in [7, 11) is 0. The minimum Gasteiger partial charge on any atom is -0.392 e. The summed E-state index contributed by atoms with van der Waals surface area (Å²) in [5, 5.41) is 14.9. The van der Waals surface area contributed by atoms with Crippen LogP contribution in [0.2, 0.25) is 0 Å². The first-order chi connectivity index (χ1) is 8.20. The summed E-state index contributed by atoms with van der Waals surface area (Å²) in [5.41, 5.74) is 2.22. The van der Waals surface area contributed by atoms with Gasteiger partial charge in [0.1, 0.15) is 0 Å². The zero-order valence-electron chi connectivity index (χ0n) is 10.2. The summed E-state index contributed by atoms with van der Waals surface area (Å²) in [6.45, 7) is 4.70. The molecule has 0 fully saturated rings. The van der Waals surface area contributed by atoms with Crippen LogP contribution < -0.4 is 5.32 Å². The Morgan fingerprint density at radius 1 is 1.53 bits per heavy atom. The van der Waals surface area contributed by atoms with Crippen molar-refractivity contribution in [2.24, 2.45) is 0 Å². The molecule has 17 heavy (non-hydrogen) atoms. The van der Waals surface area contributed by atoms with Gasteiger partial charge in [0.25, 0.3) is 0 Å². The first-order valence-electron chi connectivity index (χ1n) is 5.95. The molecule has 4 heteroatoms. The van der Waals surface area contributed by atoms with Crippen LogP contribution in [0.15, 0.2) is 23.7 Å². The Labute approximate surface area is 106 Å². The van der Waals surface area contributed by atoms with Crippen molar-refractivity contribution in [1.29, 1.82) is 0 Å². The molecule has 0 bridgehead atoms. The Morgan fingerprint density at radius 2 is 2.35 bits per heavy atom. The molecule has 0 radical (unpaired) electrons. The molecule has 2 heterocycles. The van der Waals surface area contributed by atoms with E-state index in [2.05, 4.69) is 28.7 Å². The van der Waals surface area contributed by atoms with Gasteiger partial charge in [0, 0.05) is 18.8 Å². The fourth-order valence-corrected chi connectivity index (χ4v) is 2.46. The van der Waals surface area contributed by atoms with Gasteiger partial charge in [-0.15, -0.1) is 11.3 Å². The minimum absolute atomic E-state index is 0.218. The van der Waals surface area contributed by atoms with E-state index in [4.69, 9.17) is 0 Å². The Bertz CT molecular complexity index is 483. The van der Waals surface area contributed by atoms with Crippen LogP contribution in [0, 0.1) is 0 Å². The van der Waals surface area contributed by atoms with Crippen molar-refractivity contribution in [2.45, 2.75) is 32.4 Å². The molecule has 2 aromatic heterocycles. The van der Waals surface area contributed by atoms with Gasteiger partial charge in [0.15, 0.2) is 0 Å². The average molecular weight is 250 g/mol. The smallest absolute Gasteiger partial charge is 0.0809 e. The van der Waals surface area contributed by atoms with Crippen molar-refractivity contribution in [3.63, 3.8) is 0 Å². The summed E-state index contributed by atoms with van der Waals surface area (Å²) in [6.07, 6.45) is 2.42. The Kier molecular flexibility index (Phi) is 4.10. The molecule has 0 aliphatic rings. The normalized spacial score (nSPS) is 15.0. The maximum absolute atomic E-state index is 9.52. The number of thiophene rings is 1. The Hall–Kier alpha value is -0.970. The predicted molar refractivity (Wildman–Crippen MR) is 72.3 cm³/mol. The van der Waals surface area contributed by atoms with E-state index in [0.717, 1.165) is 11.9 Å². The van der Waals surface area contributed by atoms with Gasteiger partial charge in [-0.25, -0.2) is 0 Å². The van der Waals surface area contributed by atoms with Gasteiger partial charge >= 0.3 is 0 Å². The molecule has 2 atom stereocenters. The Morgan fingerprint density at radius 3 is 3.12 bits per heavy atom. The van der Waals surface area contributed by atoms with Crippen LogP contribution >= 0.6 is 11.3 Å². The summed E-state index contributed by atoms with van der Waals surface area (Å²) in [4.78, 5) is 4.42. The number of aliphatic hydroxyl groups is 1. The fourth-order valence-electron chi connectivity index (χ4n) is 1.67. The van der Waals surface area contributed by atoms with Crippen molar-refractivity contribution in [1.82, 2.24) is 10.3 Å². The maximum atomic E-state index is 9.52. The second kappa shape index (κ2) is 5.58. The first kappa shape index (κ1) is 12.5. The van der Waals surface area contributed by atoms with Gasteiger partial charge in [-0.05, 0) is 36.4 Å². The number of nitrogens with one attached hydrogen (secondary N) is 1. The zero-order valence-corrected chi connectivity index (χ0v) is 11.0. The molecule has 2 rings (SSSR count). The molecule has 2 unspecified atom stereocenters. The number of nitrogens with zero attached hydrogens (tertiary/aromatic N) is 1. The monoisotopic (exact) mass is 250 g/mol. The largest absolute Gasteiger partial charge is 0.392 e. The molecule has 3 nitrogen and oxygen atoms in total. The molecule has 0 spiro atoms. The molecule has 92 valence electrons. The van der Waals surface area contributed by atoms with Crippen LogP contribution in [0.5, 0.6) is 0 Å². The lowest BCUT2D eigenvalue weighted by Gasteiger charge is -2.16. The minimum atomic E-state index is -0.268. The highest BCUT2D eigenvalue weighted by Crippen LogP contribution is 2.22. The molecule has 2 N–H and O–H groups in total. The van der Waals surface area contributed by atoms with E-state index in [0.29, 0.717) is 6.54 Å². The number of rotatable bonds is 5. The summed E-state index contributed by atoms with van der Waals surface area (Å²) in [5.74, 6) is 0. The summed E-state index contributed by atoms with van der Waals surface area (Å²) >= 11 is 1.71. The number of hydrogen-bond acceptors (Lipinski definition) is 4. The highest BCUT2D eigenvalue weighted by atomic mass is 32.1. The third-order valence-electron chi connectivity index (χ3n) is 2.95. The van der Waals surface area contributed by atoms with E-state index in [1.54, 1.807) is 11.3 Å². The summed E-state index contributed by atoms with van der Waals surface area (Å²) < 4.78 is 1.21. The number of aliphatic hydroxyl groups excluding tert-OH is 1. The predicted octanol–water partition coefficient (Wildman–Crippen LogP) is 2.72. The van der Waals surface area contributed by atoms with Crippen LogP contribution in [0.1, 0.15) is 31.9 Å². The number of hydrogen-bond donors (Lipinski definition) is 2. The molecule has 0 amide bonds. The zero-order chi connectivity index (χ0) is 12.3. The van der Waals surface area contributed by atoms with Crippen LogP contribution in [-0.4, -0.2) is 22.7 Å². The molecule has 2 aromatic rings. The molecule has 0 aliphatic heterocycles. The molecule has 0 saturated carbocycles.